The topological polar surface area (TPSA) is 33.1 Å². The summed E-state index contributed by atoms with van der Waals surface area (Å²) in [7, 11) is 0. The van der Waals surface area contributed by atoms with Gasteiger partial charge in [0.05, 0.1) is 0 Å². The van der Waals surface area contributed by atoms with Gasteiger partial charge in [0, 0.05) is 11.6 Å². The van der Waals surface area contributed by atoms with Crippen molar-refractivity contribution in [3.8, 4) is 17.6 Å². The van der Waals surface area contributed by atoms with E-state index < -0.39 is 0 Å². The molecule has 1 aromatic rings. The van der Waals surface area contributed by atoms with Crippen LogP contribution in [-0.2, 0) is 0 Å². The number of hydrogen-bond acceptors (Lipinski definition) is 2. The van der Waals surface area contributed by atoms with Gasteiger partial charge in [-0.05, 0) is 38.8 Å². The maximum absolute atomic E-state index is 9.34. The molecule has 68 valence electrons. The Bertz CT molecular complexity index is 352. The standard InChI is InChI=1S/C11H13NO/c1-11(2,3)7-6-9-10(13)5-4-8-12-9/h4-5,8,13H,1-3H3. The first kappa shape index (κ1) is 9.60. The highest BCUT2D eigenvalue weighted by atomic mass is 16.3. The zero-order valence-corrected chi connectivity index (χ0v) is 8.13. The highest BCUT2D eigenvalue weighted by molar-refractivity contribution is 5.39. The lowest BCUT2D eigenvalue weighted by molar-refractivity contribution is 0.470. The molecule has 0 radical (unpaired) electrons. The van der Waals surface area contributed by atoms with Gasteiger partial charge in [0.2, 0.25) is 0 Å². The van der Waals surface area contributed by atoms with Gasteiger partial charge < -0.3 is 5.11 Å². The highest BCUT2D eigenvalue weighted by Gasteiger charge is 2.04. The molecule has 2 heteroatoms. The van der Waals surface area contributed by atoms with Gasteiger partial charge in [-0.1, -0.05) is 5.92 Å². The van der Waals surface area contributed by atoms with Gasteiger partial charge in [-0.3, -0.25) is 0 Å². The summed E-state index contributed by atoms with van der Waals surface area (Å²) in [5, 5.41) is 9.34. The summed E-state index contributed by atoms with van der Waals surface area (Å²) < 4.78 is 0. The van der Waals surface area contributed by atoms with E-state index in [1.807, 2.05) is 20.8 Å². The van der Waals surface area contributed by atoms with Gasteiger partial charge in [0.1, 0.15) is 5.75 Å². The second kappa shape index (κ2) is 3.49. The molecule has 0 aliphatic carbocycles. The molecule has 0 spiro atoms. The Morgan fingerprint density at radius 2 is 2.08 bits per heavy atom. The average molecular weight is 175 g/mol. The molecular formula is C11H13NO. The fourth-order valence-corrected chi connectivity index (χ4v) is 0.740. The van der Waals surface area contributed by atoms with Crippen LogP contribution in [0.2, 0.25) is 0 Å². The SMILES string of the molecule is CC(C)(C)C#Cc1ncccc1O. The minimum atomic E-state index is -0.0655. The largest absolute Gasteiger partial charge is 0.505 e. The summed E-state index contributed by atoms with van der Waals surface area (Å²) >= 11 is 0. The molecule has 0 aliphatic heterocycles. The summed E-state index contributed by atoms with van der Waals surface area (Å²) in [5.74, 6) is 5.99. The lowest BCUT2D eigenvalue weighted by Crippen LogP contribution is -1.99. The van der Waals surface area contributed by atoms with Crippen molar-refractivity contribution in [2.45, 2.75) is 20.8 Å². The smallest absolute Gasteiger partial charge is 0.154 e. The van der Waals surface area contributed by atoms with Gasteiger partial charge in [-0.2, -0.15) is 0 Å². The van der Waals surface area contributed by atoms with Crippen molar-refractivity contribution in [3.63, 3.8) is 0 Å². The molecule has 1 aromatic heterocycles. The van der Waals surface area contributed by atoms with Gasteiger partial charge in [-0.15, -0.1) is 0 Å². The van der Waals surface area contributed by atoms with Crippen LogP contribution >= 0.6 is 0 Å². The molecule has 0 bridgehead atoms. The van der Waals surface area contributed by atoms with Crippen LogP contribution in [0, 0.1) is 17.3 Å². The lowest BCUT2D eigenvalue weighted by Gasteiger charge is -2.06. The summed E-state index contributed by atoms with van der Waals surface area (Å²) in [6.45, 7) is 6.04. The van der Waals surface area contributed by atoms with E-state index in [0.29, 0.717) is 5.69 Å². The third kappa shape index (κ3) is 3.16. The zero-order valence-electron chi connectivity index (χ0n) is 8.13. The third-order valence-corrected chi connectivity index (χ3v) is 1.34. The molecule has 1 heterocycles. The van der Waals surface area contributed by atoms with Crippen LogP contribution in [0.15, 0.2) is 18.3 Å². The monoisotopic (exact) mass is 175 g/mol. The van der Waals surface area contributed by atoms with E-state index >= 15 is 0 Å². The van der Waals surface area contributed by atoms with Crippen LogP contribution in [-0.4, -0.2) is 10.1 Å². The van der Waals surface area contributed by atoms with E-state index in [1.54, 1.807) is 18.3 Å². The molecule has 0 saturated heterocycles. The minimum Gasteiger partial charge on any atom is -0.505 e. The Labute approximate surface area is 78.6 Å². The molecule has 0 amide bonds. The maximum Gasteiger partial charge on any atom is 0.154 e. The Hall–Kier alpha value is -1.49. The molecule has 0 aliphatic rings. The van der Waals surface area contributed by atoms with Gasteiger partial charge in [0.15, 0.2) is 5.69 Å². The normalized spacial score (nSPS) is 10.4. The molecule has 13 heavy (non-hydrogen) atoms. The molecule has 0 saturated carbocycles. The first-order valence-electron chi connectivity index (χ1n) is 4.16. The summed E-state index contributed by atoms with van der Waals surface area (Å²) in [6, 6.07) is 3.26. The Morgan fingerprint density at radius 1 is 1.38 bits per heavy atom. The van der Waals surface area contributed by atoms with Crippen LogP contribution in [0.5, 0.6) is 5.75 Å². The summed E-state index contributed by atoms with van der Waals surface area (Å²) in [6.07, 6.45) is 1.62. The molecule has 0 atom stereocenters. The summed E-state index contributed by atoms with van der Waals surface area (Å²) in [4.78, 5) is 3.96. The van der Waals surface area contributed by atoms with Crippen molar-refractivity contribution < 1.29 is 5.11 Å². The third-order valence-electron chi connectivity index (χ3n) is 1.34. The van der Waals surface area contributed by atoms with E-state index in [9.17, 15) is 5.11 Å². The number of hydrogen-bond donors (Lipinski definition) is 1. The van der Waals surface area contributed by atoms with E-state index in [0.717, 1.165) is 0 Å². The van der Waals surface area contributed by atoms with Crippen molar-refractivity contribution in [1.29, 1.82) is 0 Å². The zero-order chi connectivity index (χ0) is 9.90. The van der Waals surface area contributed by atoms with E-state index in [4.69, 9.17) is 0 Å². The van der Waals surface area contributed by atoms with E-state index in [1.165, 1.54) is 0 Å². The first-order valence-corrected chi connectivity index (χ1v) is 4.16. The van der Waals surface area contributed by atoms with Crippen LogP contribution in [0.3, 0.4) is 0 Å². The van der Waals surface area contributed by atoms with Gasteiger partial charge >= 0.3 is 0 Å². The van der Waals surface area contributed by atoms with Crippen LogP contribution < -0.4 is 0 Å². The second-order valence-electron chi connectivity index (χ2n) is 3.87. The molecule has 1 N–H and O–H groups in total. The second-order valence-corrected chi connectivity index (χ2v) is 3.87. The van der Waals surface area contributed by atoms with Crippen molar-refractivity contribution in [1.82, 2.24) is 4.98 Å². The predicted octanol–water partition coefficient (Wildman–Crippen LogP) is 2.18. The average Bonchev–Trinajstić information content (AvgIpc) is 2.01. The van der Waals surface area contributed by atoms with Gasteiger partial charge in [0.25, 0.3) is 0 Å². The van der Waals surface area contributed by atoms with Gasteiger partial charge in [-0.25, -0.2) is 4.98 Å². The summed E-state index contributed by atoms with van der Waals surface area (Å²) in [5.41, 5.74) is 0.377. The Balaban J connectivity index is 2.97. The number of nitrogens with zero attached hydrogens (tertiary/aromatic N) is 1. The number of pyridine rings is 1. The molecular weight excluding hydrogens is 162 g/mol. The number of rotatable bonds is 0. The highest BCUT2D eigenvalue weighted by Crippen LogP contribution is 2.14. The van der Waals surface area contributed by atoms with Crippen molar-refractivity contribution in [2.75, 3.05) is 0 Å². The van der Waals surface area contributed by atoms with Crippen LogP contribution in [0.1, 0.15) is 26.5 Å². The van der Waals surface area contributed by atoms with Crippen LogP contribution in [0.25, 0.3) is 0 Å². The fraction of sp³-hybridized carbons (Fsp3) is 0.364. The van der Waals surface area contributed by atoms with Crippen molar-refractivity contribution in [3.05, 3.63) is 24.0 Å². The Kier molecular flexibility index (Phi) is 2.57. The van der Waals surface area contributed by atoms with E-state index in [2.05, 4.69) is 16.8 Å². The molecule has 0 aromatic carbocycles. The fourth-order valence-electron chi connectivity index (χ4n) is 0.740. The van der Waals surface area contributed by atoms with Crippen molar-refractivity contribution >= 4 is 0 Å². The van der Waals surface area contributed by atoms with Crippen molar-refractivity contribution in [2.24, 2.45) is 5.41 Å². The first-order chi connectivity index (χ1) is 5.99. The van der Waals surface area contributed by atoms with Crippen LogP contribution in [0.4, 0.5) is 0 Å². The minimum absolute atomic E-state index is 0.0655. The molecule has 2 nitrogen and oxygen atoms in total. The Morgan fingerprint density at radius 3 is 2.62 bits per heavy atom. The predicted molar refractivity (Wildman–Crippen MR) is 52.2 cm³/mol. The maximum atomic E-state index is 9.34. The van der Waals surface area contributed by atoms with E-state index in [-0.39, 0.29) is 11.2 Å². The quantitative estimate of drug-likeness (QED) is 0.613. The lowest BCUT2D eigenvalue weighted by atomic mass is 9.98. The number of aromatic nitrogens is 1. The molecule has 1 rings (SSSR count). The molecule has 0 fully saturated rings. The number of aromatic hydroxyl groups is 1. The molecule has 0 unspecified atom stereocenters.